The molecule has 1 fully saturated rings. The van der Waals surface area contributed by atoms with Crippen LogP contribution in [0.25, 0.3) is 0 Å². The average Bonchev–Trinajstić information content (AvgIpc) is 3.14. The zero-order valence-corrected chi connectivity index (χ0v) is 22.2. The number of allylic oxidation sites excluding steroid dienone is 4. The van der Waals surface area contributed by atoms with E-state index >= 15 is 0 Å². The Bertz CT molecular complexity index is 1000. The summed E-state index contributed by atoms with van der Waals surface area (Å²) in [5.74, 6) is -2.16. The Balaban J connectivity index is 1.83. The third-order valence-electron chi connectivity index (χ3n) is 8.66. The summed E-state index contributed by atoms with van der Waals surface area (Å²) in [5, 5.41) is 33.8. The largest absolute Gasteiger partial charge is 0.504 e. The minimum absolute atomic E-state index is 0.0815. The van der Waals surface area contributed by atoms with E-state index in [9.17, 15) is 20.1 Å². The number of hydrogen-bond acceptors (Lipinski definition) is 6. The second-order valence-electron chi connectivity index (χ2n) is 11.8. The second kappa shape index (κ2) is 9.53. The highest BCUT2D eigenvalue weighted by Crippen LogP contribution is 2.49. The van der Waals surface area contributed by atoms with Crippen LogP contribution < -0.4 is 0 Å². The number of aliphatic hydroxyl groups is 3. The molecule has 2 unspecified atom stereocenters. The van der Waals surface area contributed by atoms with Crippen molar-refractivity contribution >= 4 is 5.78 Å². The minimum Gasteiger partial charge on any atom is -0.504 e. The van der Waals surface area contributed by atoms with E-state index in [1.807, 2.05) is 20.8 Å². The third kappa shape index (κ3) is 4.65. The summed E-state index contributed by atoms with van der Waals surface area (Å²) in [6.45, 7) is 14.0. The molecule has 1 aliphatic carbocycles. The first-order valence-corrected chi connectivity index (χ1v) is 13.2. The van der Waals surface area contributed by atoms with Crippen LogP contribution in [0.5, 0.6) is 0 Å². The Morgan fingerprint density at radius 1 is 1.06 bits per heavy atom. The van der Waals surface area contributed by atoms with Gasteiger partial charge in [-0.1, -0.05) is 46.3 Å². The minimum atomic E-state index is -1.60. The van der Waals surface area contributed by atoms with Gasteiger partial charge in [-0.15, -0.1) is 0 Å². The molecule has 0 saturated carbocycles. The van der Waals surface area contributed by atoms with E-state index in [0.717, 1.165) is 25.7 Å². The van der Waals surface area contributed by atoms with Crippen molar-refractivity contribution in [3.05, 3.63) is 46.0 Å². The Labute approximate surface area is 209 Å². The maximum Gasteiger partial charge on any atom is 0.231 e. The molecule has 4 rings (SSSR count). The van der Waals surface area contributed by atoms with Crippen molar-refractivity contribution < 1.29 is 29.6 Å². The predicted molar refractivity (Wildman–Crippen MR) is 134 cm³/mol. The van der Waals surface area contributed by atoms with Gasteiger partial charge in [0.05, 0.1) is 18.3 Å². The summed E-state index contributed by atoms with van der Waals surface area (Å²) in [4.78, 5) is 13.0. The zero-order valence-electron chi connectivity index (χ0n) is 22.2. The topological polar surface area (TPSA) is 96.2 Å². The lowest BCUT2D eigenvalue weighted by molar-refractivity contribution is -0.164. The van der Waals surface area contributed by atoms with E-state index in [4.69, 9.17) is 9.47 Å². The number of ketones is 1. The lowest BCUT2D eigenvalue weighted by Gasteiger charge is -2.44. The van der Waals surface area contributed by atoms with Crippen LogP contribution >= 0.6 is 0 Å². The van der Waals surface area contributed by atoms with Gasteiger partial charge in [0.25, 0.3) is 0 Å². The van der Waals surface area contributed by atoms with Gasteiger partial charge in [-0.05, 0) is 57.4 Å². The molecule has 4 aliphatic rings. The van der Waals surface area contributed by atoms with Crippen molar-refractivity contribution in [3.63, 3.8) is 0 Å². The number of Topliss-reactive ketones (excluding diaryl/α,β-unsaturated/α-hetero) is 1. The summed E-state index contributed by atoms with van der Waals surface area (Å²) in [7, 11) is 0. The maximum absolute atomic E-state index is 13.0. The summed E-state index contributed by atoms with van der Waals surface area (Å²) >= 11 is 0. The molecule has 3 aliphatic heterocycles. The highest BCUT2D eigenvalue weighted by molar-refractivity contribution is 6.10. The molecule has 0 amide bonds. The Hall–Kier alpha value is -1.89. The van der Waals surface area contributed by atoms with E-state index in [1.54, 1.807) is 13.0 Å². The Morgan fingerprint density at radius 3 is 2.43 bits per heavy atom. The van der Waals surface area contributed by atoms with Gasteiger partial charge < -0.3 is 24.8 Å². The fourth-order valence-corrected chi connectivity index (χ4v) is 6.51. The fourth-order valence-electron chi connectivity index (χ4n) is 6.51. The van der Waals surface area contributed by atoms with Crippen molar-refractivity contribution in [2.45, 2.75) is 98.2 Å². The fraction of sp³-hybridized carbons (Fsp3) is 0.690. The standard InChI is InChI=1S/C29H42O6/c1-14-8-9-22-18(5)24(30)19(6)28(34-22)23-21-13-29(33,17(4)12-16(3)11-15(2)10-14)35-27(21)20(7)25(31)26(23)32/h10,13-14,16-19,22,24,28,30,32-33H,8-9,11-12H2,1-7H3/b15-10+/t14-,16+,17-,18-,19+,22?,24-,28?,29+/m0/s1. The normalized spacial score (nSPS) is 44.5. The van der Waals surface area contributed by atoms with Gasteiger partial charge in [-0.25, -0.2) is 0 Å². The van der Waals surface area contributed by atoms with E-state index < -0.39 is 23.8 Å². The molecule has 1 saturated heterocycles. The highest BCUT2D eigenvalue weighted by Gasteiger charge is 2.51. The molecule has 0 aromatic heterocycles. The lowest BCUT2D eigenvalue weighted by Crippen LogP contribution is -2.50. The van der Waals surface area contributed by atoms with Gasteiger partial charge in [-0.3, -0.25) is 4.79 Å². The molecular weight excluding hydrogens is 444 g/mol. The molecule has 0 aromatic rings. The smallest absolute Gasteiger partial charge is 0.231 e. The number of hydrogen-bond donors (Lipinski definition) is 3. The van der Waals surface area contributed by atoms with Crippen LogP contribution in [0.1, 0.15) is 74.1 Å². The molecule has 6 heteroatoms. The van der Waals surface area contributed by atoms with Crippen LogP contribution in [0.4, 0.5) is 0 Å². The van der Waals surface area contributed by atoms with E-state index in [0.29, 0.717) is 28.7 Å². The molecule has 6 nitrogen and oxygen atoms in total. The van der Waals surface area contributed by atoms with Crippen LogP contribution in [0.3, 0.4) is 0 Å². The van der Waals surface area contributed by atoms with Gasteiger partial charge in [0.15, 0.2) is 5.76 Å². The monoisotopic (exact) mass is 486 g/mol. The second-order valence-corrected chi connectivity index (χ2v) is 11.8. The third-order valence-corrected chi connectivity index (χ3v) is 8.66. The van der Waals surface area contributed by atoms with Gasteiger partial charge in [-0.2, -0.15) is 0 Å². The number of carbonyl (C=O) groups is 1. The Morgan fingerprint density at radius 2 is 1.74 bits per heavy atom. The molecule has 3 N–H and O–H groups in total. The van der Waals surface area contributed by atoms with Crippen molar-refractivity contribution in [1.82, 2.24) is 0 Å². The van der Waals surface area contributed by atoms with Crippen LogP contribution in [0, 0.1) is 29.6 Å². The zero-order chi connectivity index (χ0) is 25.8. The molecule has 9 atom stereocenters. The first kappa shape index (κ1) is 26.2. The average molecular weight is 487 g/mol. The molecule has 4 bridgehead atoms. The summed E-state index contributed by atoms with van der Waals surface area (Å²) in [5.41, 5.74) is 2.44. The number of fused-ring (bicyclic) bond motifs is 4. The molecule has 0 radical (unpaired) electrons. The van der Waals surface area contributed by atoms with Crippen LogP contribution in [0.2, 0.25) is 0 Å². The van der Waals surface area contributed by atoms with E-state index in [1.165, 1.54) is 5.57 Å². The van der Waals surface area contributed by atoms with E-state index in [-0.39, 0.29) is 35.2 Å². The van der Waals surface area contributed by atoms with Crippen molar-refractivity contribution in [1.29, 1.82) is 0 Å². The predicted octanol–water partition coefficient (Wildman–Crippen LogP) is 5.13. The highest BCUT2D eigenvalue weighted by atomic mass is 16.6. The van der Waals surface area contributed by atoms with Crippen molar-refractivity contribution in [2.75, 3.05) is 0 Å². The molecule has 0 aromatic carbocycles. The SMILES string of the molecule is CC1=C2O[C@]3(O)C=C2C(=C(O)C1=O)C1OC(CC[C@H](C)/C=C(\C)C[C@@H](C)C[C@@H]3C)[C@H](C)[C@H](O)[C@H]1C. The summed E-state index contributed by atoms with van der Waals surface area (Å²) in [6, 6.07) is 0. The summed E-state index contributed by atoms with van der Waals surface area (Å²) < 4.78 is 12.7. The van der Waals surface area contributed by atoms with Gasteiger partial charge in [0, 0.05) is 34.5 Å². The number of rotatable bonds is 0. The van der Waals surface area contributed by atoms with Crippen LogP contribution in [0.15, 0.2) is 46.0 Å². The quantitative estimate of drug-likeness (QED) is 0.411. The molecular formula is C29H42O6. The number of aliphatic hydroxyl groups excluding tert-OH is 2. The molecule has 3 heterocycles. The lowest BCUT2D eigenvalue weighted by atomic mass is 9.75. The van der Waals surface area contributed by atoms with Gasteiger partial charge in [0.1, 0.15) is 5.76 Å². The van der Waals surface area contributed by atoms with Crippen molar-refractivity contribution in [2.24, 2.45) is 29.6 Å². The molecule has 0 spiro atoms. The first-order chi connectivity index (χ1) is 16.3. The number of ether oxygens (including phenoxy) is 2. The van der Waals surface area contributed by atoms with Crippen LogP contribution in [-0.2, 0) is 14.3 Å². The first-order valence-electron chi connectivity index (χ1n) is 13.2. The molecule has 35 heavy (non-hydrogen) atoms. The van der Waals surface area contributed by atoms with E-state index in [2.05, 4.69) is 26.8 Å². The Kier molecular flexibility index (Phi) is 7.13. The van der Waals surface area contributed by atoms with Gasteiger partial charge >= 0.3 is 0 Å². The van der Waals surface area contributed by atoms with Gasteiger partial charge in [0.2, 0.25) is 11.6 Å². The number of carbonyl (C=O) groups excluding carboxylic acids is 1. The maximum atomic E-state index is 13.0. The summed E-state index contributed by atoms with van der Waals surface area (Å²) in [6.07, 6.45) is 5.76. The van der Waals surface area contributed by atoms with Crippen molar-refractivity contribution in [3.8, 4) is 0 Å². The van der Waals surface area contributed by atoms with Crippen LogP contribution in [-0.4, -0.2) is 45.2 Å². The molecule has 194 valence electrons.